The molecule has 66 heavy (non-hydrogen) atoms. The first-order valence-electron chi connectivity index (χ1n) is 20.6. The van der Waals surface area contributed by atoms with Crippen LogP contribution >= 0.6 is 11.3 Å². The zero-order chi connectivity index (χ0) is 49.6. The number of aliphatic imine (C=N–C) groups is 1. The van der Waals surface area contributed by atoms with Crippen molar-refractivity contribution in [1.29, 1.82) is 0 Å². The molecule has 0 aromatic carbocycles. The molecule has 4 rings (SSSR count). The van der Waals surface area contributed by atoms with E-state index in [0.717, 1.165) is 21.0 Å². The summed E-state index contributed by atoms with van der Waals surface area (Å²) in [5.74, 6) is -3.98. The highest BCUT2D eigenvalue weighted by Crippen LogP contribution is 2.34. The van der Waals surface area contributed by atoms with Crippen LogP contribution in [0, 0.1) is 6.92 Å². The maximum Gasteiger partial charge on any atom is 0.417 e. The lowest BCUT2D eigenvalue weighted by Gasteiger charge is -2.43. The van der Waals surface area contributed by atoms with Crippen LogP contribution in [-0.2, 0) is 56.8 Å². The molecule has 366 valence electrons. The van der Waals surface area contributed by atoms with Gasteiger partial charge in [0.25, 0.3) is 11.8 Å². The van der Waals surface area contributed by atoms with Crippen LogP contribution in [-0.4, -0.2) is 143 Å². The molecule has 3 heterocycles. The number of hydrogen-bond donors (Lipinski definition) is 6. The lowest BCUT2D eigenvalue weighted by atomic mass is 9.98. The van der Waals surface area contributed by atoms with Crippen molar-refractivity contribution in [3.63, 3.8) is 0 Å². The number of carbonyl (C=O) groups is 6. The largest absolute Gasteiger partial charge is 0.478 e. The van der Waals surface area contributed by atoms with E-state index in [0.29, 0.717) is 12.8 Å². The van der Waals surface area contributed by atoms with Gasteiger partial charge in [-0.15, -0.1) is 11.3 Å². The van der Waals surface area contributed by atoms with Crippen molar-refractivity contribution in [1.82, 2.24) is 45.1 Å². The Balaban J connectivity index is 1.63. The lowest BCUT2D eigenvalue weighted by molar-refractivity contribution is -0.165. The summed E-state index contributed by atoms with van der Waals surface area (Å²) in [5.41, 5.74) is 1.00. The molecule has 1 aliphatic heterocycles. The number of alkyl carbamates (subject to hydrolysis) is 2. The number of thiazole rings is 1. The third-order valence-corrected chi connectivity index (χ3v) is 10.8. The molecule has 26 nitrogen and oxygen atoms in total. The number of oxime groups is 1. The van der Waals surface area contributed by atoms with E-state index in [1.54, 1.807) is 62.3 Å². The molecule has 2 aromatic heterocycles. The first-order chi connectivity index (χ1) is 30.4. The minimum absolute atomic E-state index is 0.0209. The van der Waals surface area contributed by atoms with Crippen molar-refractivity contribution in [2.24, 2.45) is 10.1 Å². The molecule has 1 saturated heterocycles. The predicted octanol–water partition coefficient (Wildman–Crippen LogP) is 2.47. The molecule has 1 saturated carbocycles. The third kappa shape index (κ3) is 14.7. The molecule has 5 amide bonds. The van der Waals surface area contributed by atoms with Crippen molar-refractivity contribution in [2.75, 3.05) is 18.8 Å². The average Bonchev–Trinajstić information content (AvgIpc) is 3.90. The molecule has 2 fully saturated rings. The van der Waals surface area contributed by atoms with Gasteiger partial charge in [-0.1, -0.05) is 5.16 Å². The fraction of sp³-hybridized carbons (Fsp3) is 0.658. The smallest absolute Gasteiger partial charge is 0.417 e. The molecule has 0 spiro atoms. The number of hydrogen-bond acceptors (Lipinski definition) is 19. The number of carboxylic acid groups (broad SMARTS) is 1. The number of carbonyl (C=O) groups excluding carboxylic acids is 5. The van der Waals surface area contributed by atoms with Crippen molar-refractivity contribution in [2.45, 2.75) is 149 Å². The minimum Gasteiger partial charge on any atom is -0.478 e. The Morgan fingerprint density at radius 2 is 1.59 bits per heavy atom. The summed E-state index contributed by atoms with van der Waals surface area (Å²) in [6.07, 6.45) is -1.19. The molecule has 28 heteroatoms. The van der Waals surface area contributed by atoms with E-state index < -0.39 is 93.1 Å². The number of nitrogens with one attached hydrogen (secondary N) is 3. The fourth-order valence-electron chi connectivity index (χ4n) is 6.31. The molecule has 0 radical (unpaired) electrons. The Morgan fingerprint density at radius 3 is 2.14 bits per heavy atom. The lowest BCUT2D eigenvalue weighted by Crippen LogP contribution is -2.73. The number of amides is 5. The van der Waals surface area contributed by atoms with Crippen LogP contribution in [0.1, 0.15) is 111 Å². The number of rotatable bonds is 15. The number of nitrogens with zero attached hydrogens (tertiary/aromatic N) is 8. The van der Waals surface area contributed by atoms with E-state index in [1.165, 1.54) is 12.3 Å². The van der Waals surface area contributed by atoms with E-state index in [9.17, 15) is 46.8 Å². The maximum absolute atomic E-state index is 13.8. The van der Waals surface area contributed by atoms with Crippen LogP contribution in [0.4, 0.5) is 19.5 Å². The minimum atomic E-state index is -5.20. The van der Waals surface area contributed by atoms with Crippen LogP contribution in [0.3, 0.4) is 0 Å². The van der Waals surface area contributed by atoms with Gasteiger partial charge < -0.3 is 40.5 Å². The molecule has 0 bridgehead atoms. The highest BCUT2D eigenvalue weighted by molar-refractivity contribution is 7.84. The van der Waals surface area contributed by atoms with Crippen LogP contribution in [0.5, 0.6) is 0 Å². The predicted molar refractivity (Wildman–Crippen MR) is 234 cm³/mol. The SMILES string of the molecule is Cc1nn(C[C@@H]2[C@H](NC(=O)/C(=N\OC3(C(=O)O)CCCC3)c3csc(N)n3)C(=O)N2S(=O)(=O)O)nc1CN=C(NC(=O)OC(C)(C)C)N(CCCNC(=O)OC(C)(C)C)C(=O)OC(C)(C)C. The molecular weight excluding hydrogens is 913 g/mol. The van der Waals surface area contributed by atoms with Gasteiger partial charge in [-0.3, -0.25) is 19.5 Å². The average molecular weight is 971 g/mol. The molecule has 7 N–H and O–H groups in total. The number of aromatic nitrogens is 4. The summed E-state index contributed by atoms with van der Waals surface area (Å²) in [7, 11) is -5.20. The van der Waals surface area contributed by atoms with Gasteiger partial charge in [-0.2, -0.15) is 23.4 Å². The van der Waals surface area contributed by atoms with E-state index >= 15 is 0 Å². The number of aliphatic carboxylic acids is 1. The van der Waals surface area contributed by atoms with Gasteiger partial charge in [-0.05, 0) is 88.5 Å². The Hall–Kier alpha value is -6.16. The zero-order valence-electron chi connectivity index (χ0n) is 38.4. The fourth-order valence-corrected chi connectivity index (χ4v) is 7.73. The topological polar surface area (TPSA) is 351 Å². The van der Waals surface area contributed by atoms with Gasteiger partial charge in [0.1, 0.15) is 40.3 Å². The summed E-state index contributed by atoms with van der Waals surface area (Å²) in [5, 5.41) is 31.2. The number of aryl methyl sites for hydroxylation is 1. The van der Waals surface area contributed by atoms with E-state index in [-0.39, 0.29) is 71.4 Å². The molecule has 2 atom stereocenters. The summed E-state index contributed by atoms with van der Waals surface area (Å²) in [6.45, 7) is 15.4. The molecule has 2 aromatic rings. The molecular formula is C38H58N12O14S2. The first kappa shape index (κ1) is 52.5. The van der Waals surface area contributed by atoms with E-state index in [2.05, 4.69) is 41.3 Å². The normalized spacial score (nSPS) is 17.9. The number of guanidine groups is 1. The third-order valence-electron chi connectivity index (χ3n) is 9.15. The summed E-state index contributed by atoms with van der Waals surface area (Å²) in [4.78, 5) is 94.1. The molecule has 1 aliphatic carbocycles. The number of β-lactam (4-membered cyclic amide) rings is 1. The second-order valence-corrected chi connectivity index (χ2v) is 20.4. The van der Waals surface area contributed by atoms with Gasteiger partial charge in [-0.25, -0.2) is 38.4 Å². The van der Waals surface area contributed by atoms with Gasteiger partial charge in [0.05, 0.1) is 18.8 Å². The summed E-state index contributed by atoms with van der Waals surface area (Å²) in [6, 6.07) is -3.16. The molecule has 0 unspecified atom stereocenters. The monoisotopic (exact) mass is 970 g/mol. The van der Waals surface area contributed by atoms with E-state index in [4.69, 9.17) is 24.8 Å². The van der Waals surface area contributed by atoms with Gasteiger partial charge in [0.2, 0.25) is 11.6 Å². The highest BCUT2D eigenvalue weighted by Gasteiger charge is 2.55. The van der Waals surface area contributed by atoms with Gasteiger partial charge in [0, 0.05) is 31.3 Å². The Bertz CT molecular complexity index is 2320. The molecule has 2 aliphatic rings. The van der Waals surface area contributed by atoms with Crippen molar-refractivity contribution >= 4 is 74.5 Å². The summed E-state index contributed by atoms with van der Waals surface area (Å²) < 4.78 is 51.3. The van der Waals surface area contributed by atoms with Gasteiger partial charge >= 0.3 is 34.6 Å². The van der Waals surface area contributed by atoms with Crippen LogP contribution in [0.15, 0.2) is 15.5 Å². The Labute approximate surface area is 384 Å². The Morgan fingerprint density at radius 1 is 0.985 bits per heavy atom. The number of anilines is 1. The summed E-state index contributed by atoms with van der Waals surface area (Å²) >= 11 is 0.931. The van der Waals surface area contributed by atoms with Crippen molar-refractivity contribution in [3.05, 3.63) is 22.5 Å². The standard InChI is InChI=1S/C38H58N12O14S2/c1-21-22(18-41-31(44-33(56)62-36(5,6)7)48(34(57)63-37(8,9)10)17-13-16-40-32(55)61-35(2,3)4)46-49(45-21)19-24-26(28(52)50(24)66(58,59)60)43-27(51)25(23-20-65-30(39)42-23)47-64-38(29(53)54)14-11-12-15-38/h20,24,26H,11-19H2,1-10H3,(H2,39,42)(H,40,55)(H,43,51)(H,53,54)(H,41,44,56)(H,58,59,60)/b47-25-/t24-,26+/m1/s1. The maximum atomic E-state index is 13.8. The second-order valence-electron chi connectivity index (χ2n) is 18.2. The van der Waals surface area contributed by atoms with Gasteiger partial charge in [0.15, 0.2) is 10.8 Å². The number of ether oxygens (including phenoxy) is 3. The van der Waals surface area contributed by atoms with Crippen LogP contribution < -0.4 is 21.7 Å². The number of nitrogen functional groups attached to an aromatic ring is 1. The number of nitrogens with two attached hydrogens (primary N) is 1. The zero-order valence-corrected chi connectivity index (χ0v) is 40.0. The number of carboxylic acids is 1. The second kappa shape index (κ2) is 20.6. The first-order valence-corrected chi connectivity index (χ1v) is 22.9. The van der Waals surface area contributed by atoms with Crippen LogP contribution in [0.2, 0.25) is 0 Å². The van der Waals surface area contributed by atoms with E-state index in [1.807, 2.05) is 0 Å². The van der Waals surface area contributed by atoms with Crippen molar-refractivity contribution < 1.29 is 65.9 Å². The van der Waals surface area contributed by atoms with Crippen LogP contribution in [0.25, 0.3) is 0 Å². The quantitative estimate of drug-likeness (QED) is 0.0284. The van der Waals surface area contributed by atoms with Crippen molar-refractivity contribution in [3.8, 4) is 0 Å². The highest BCUT2D eigenvalue weighted by atomic mass is 32.2. The Kier molecular flexibility index (Phi) is 16.3.